The van der Waals surface area contributed by atoms with Gasteiger partial charge < -0.3 is 10.1 Å². The molecule has 4 rings (SSSR count). The van der Waals surface area contributed by atoms with Crippen molar-refractivity contribution in [1.29, 1.82) is 0 Å². The third-order valence-electron chi connectivity index (χ3n) is 3.71. The van der Waals surface area contributed by atoms with Crippen molar-refractivity contribution >= 4 is 22.5 Å². The summed E-state index contributed by atoms with van der Waals surface area (Å²) in [6.45, 7) is 0. The molecule has 7 nitrogen and oxygen atoms in total. The fourth-order valence-corrected chi connectivity index (χ4v) is 2.80. The number of nitrogens with one attached hydrogen (secondary N) is 1. The van der Waals surface area contributed by atoms with Crippen LogP contribution in [0.5, 0.6) is 0 Å². The highest BCUT2D eigenvalue weighted by molar-refractivity contribution is 5.94. The summed E-state index contributed by atoms with van der Waals surface area (Å²) >= 11 is 0. The van der Waals surface area contributed by atoms with Gasteiger partial charge in [-0.1, -0.05) is 0 Å². The van der Waals surface area contributed by atoms with Gasteiger partial charge in [0, 0.05) is 5.39 Å². The Bertz CT molecular complexity index is 938. The first-order chi connectivity index (χ1) is 9.63. The number of carboxylic acids is 1. The van der Waals surface area contributed by atoms with Crippen molar-refractivity contribution in [3.63, 3.8) is 0 Å². The monoisotopic (exact) mass is 270 g/mol. The molecule has 20 heavy (non-hydrogen) atoms. The second-order valence-electron chi connectivity index (χ2n) is 4.93. The van der Waals surface area contributed by atoms with Crippen LogP contribution in [0.15, 0.2) is 16.9 Å². The molecule has 100 valence electrons. The molecule has 7 heteroatoms. The molecule has 2 aromatic heterocycles. The molecule has 3 aromatic rings. The summed E-state index contributed by atoms with van der Waals surface area (Å²) in [4.78, 5) is 29.6. The predicted molar refractivity (Wildman–Crippen MR) is 70.1 cm³/mol. The van der Waals surface area contributed by atoms with Gasteiger partial charge in [-0.2, -0.15) is 4.52 Å². The maximum Gasteiger partial charge on any atom is 0.375 e. The molecular formula is C13H10N4O3. The Hall–Kier alpha value is -2.70. The lowest BCUT2D eigenvalue weighted by Gasteiger charge is -2.03. The minimum absolute atomic E-state index is 0.288. The Balaban J connectivity index is 2.17. The maximum atomic E-state index is 11.9. The van der Waals surface area contributed by atoms with Crippen molar-refractivity contribution in [2.75, 3.05) is 0 Å². The summed E-state index contributed by atoms with van der Waals surface area (Å²) < 4.78 is 1.01. The molecule has 0 atom stereocenters. The Morgan fingerprint density at radius 2 is 2.05 bits per heavy atom. The van der Waals surface area contributed by atoms with Crippen LogP contribution in [-0.4, -0.2) is 30.7 Å². The average Bonchev–Trinajstić information content (AvgIpc) is 3.03. The van der Waals surface area contributed by atoms with Crippen molar-refractivity contribution < 1.29 is 9.90 Å². The zero-order valence-electron chi connectivity index (χ0n) is 10.4. The van der Waals surface area contributed by atoms with Crippen LogP contribution in [-0.2, 0) is 12.8 Å². The van der Waals surface area contributed by atoms with E-state index in [1.807, 2.05) is 12.1 Å². The van der Waals surface area contributed by atoms with Gasteiger partial charge in [0.15, 0.2) is 5.65 Å². The van der Waals surface area contributed by atoms with E-state index < -0.39 is 11.7 Å². The molecule has 2 heterocycles. The number of fused-ring (bicyclic) bond motifs is 4. The smallest absolute Gasteiger partial charge is 0.375 e. The highest BCUT2D eigenvalue weighted by Gasteiger charge is 2.18. The Labute approximate surface area is 111 Å². The van der Waals surface area contributed by atoms with E-state index in [2.05, 4.69) is 15.1 Å². The number of aryl methyl sites for hydroxylation is 2. The number of rotatable bonds is 1. The van der Waals surface area contributed by atoms with Gasteiger partial charge in [0.2, 0.25) is 0 Å². The van der Waals surface area contributed by atoms with E-state index in [1.54, 1.807) is 0 Å². The van der Waals surface area contributed by atoms with Crippen molar-refractivity contribution in [3.8, 4) is 0 Å². The summed E-state index contributed by atoms with van der Waals surface area (Å²) in [5.74, 6) is -1.62. The number of benzene rings is 1. The molecule has 0 saturated carbocycles. The summed E-state index contributed by atoms with van der Waals surface area (Å²) in [5.41, 5.74) is 2.94. The van der Waals surface area contributed by atoms with E-state index in [0.717, 1.165) is 29.2 Å². The largest absolute Gasteiger partial charge is 0.475 e. The SMILES string of the molecule is O=C(O)c1nc2c3cc4c(cc3[nH]c(=O)n2n1)CCC4. The van der Waals surface area contributed by atoms with Crippen LogP contribution in [0.25, 0.3) is 16.6 Å². The lowest BCUT2D eigenvalue weighted by molar-refractivity contribution is 0.0684. The normalized spacial score (nSPS) is 14.0. The van der Waals surface area contributed by atoms with Gasteiger partial charge in [0.05, 0.1) is 5.52 Å². The van der Waals surface area contributed by atoms with Crippen molar-refractivity contribution in [2.24, 2.45) is 0 Å². The van der Waals surface area contributed by atoms with Crippen LogP contribution >= 0.6 is 0 Å². The minimum Gasteiger partial charge on any atom is -0.475 e. The molecule has 0 spiro atoms. The predicted octanol–water partition coefficient (Wildman–Crippen LogP) is 0.758. The molecule has 0 bridgehead atoms. The zero-order chi connectivity index (χ0) is 13.9. The molecular weight excluding hydrogens is 260 g/mol. The van der Waals surface area contributed by atoms with E-state index in [0.29, 0.717) is 5.52 Å². The van der Waals surface area contributed by atoms with E-state index in [4.69, 9.17) is 5.11 Å². The lowest BCUT2D eigenvalue weighted by atomic mass is 10.1. The molecule has 0 radical (unpaired) electrons. The Morgan fingerprint density at radius 1 is 1.30 bits per heavy atom. The van der Waals surface area contributed by atoms with Gasteiger partial charge in [0.25, 0.3) is 5.82 Å². The van der Waals surface area contributed by atoms with E-state index >= 15 is 0 Å². The number of carboxylic acid groups (broad SMARTS) is 1. The molecule has 0 unspecified atom stereocenters. The molecule has 1 aliphatic rings. The number of carbonyl (C=O) groups is 1. The van der Waals surface area contributed by atoms with E-state index in [-0.39, 0.29) is 11.5 Å². The Kier molecular flexibility index (Phi) is 2.04. The quantitative estimate of drug-likeness (QED) is 0.679. The van der Waals surface area contributed by atoms with E-state index in [1.165, 1.54) is 11.1 Å². The van der Waals surface area contributed by atoms with Gasteiger partial charge in [-0.15, -0.1) is 5.10 Å². The molecule has 0 aliphatic heterocycles. The first-order valence-electron chi connectivity index (χ1n) is 6.31. The Morgan fingerprint density at radius 3 is 2.80 bits per heavy atom. The maximum absolute atomic E-state index is 11.9. The fourth-order valence-electron chi connectivity index (χ4n) is 2.80. The number of nitrogens with zero attached hydrogens (tertiary/aromatic N) is 3. The number of aromatic nitrogens is 4. The first-order valence-corrected chi connectivity index (χ1v) is 6.31. The topological polar surface area (TPSA) is 100 Å². The van der Waals surface area contributed by atoms with Crippen molar-refractivity contribution in [1.82, 2.24) is 19.6 Å². The highest BCUT2D eigenvalue weighted by Crippen LogP contribution is 2.27. The number of H-pyrrole nitrogens is 1. The number of hydrogen-bond acceptors (Lipinski definition) is 4. The number of aromatic amines is 1. The van der Waals surface area contributed by atoms with Crippen LogP contribution in [0.3, 0.4) is 0 Å². The summed E-state index contributed by atoms with van der Waals surface area (Å²) in [5, 5.41) is 13.4. The molecule has 2 N–H and O–H groups in total. The van der Waals surface area contributed by atoms with Crippen LogP contribution < -0.4 is 5.69 Å². The highest BCUT2D eigenvalue weighted by atomic mass is 16.4. The van der Waals surface area contributed by atoms with Crippen LogP contribution in [0.2, 0.25) is 0 Å². The van der Waals surface area contributed by atoms with Gasteiger partial charge in [-0.3, -0.25) is 0 Å². The van der Waals surface area contributed by atoms with E-state index in [9.17, 15) is 9.59 Å². The summed E-state index contributed by atoms with van der Waals surface area (Å²) in [6.07, 6.45) is 3.10. The van der Waals surface area contributed by atoms with Gasteiger partial charge in [-0.05, 0) is 42.5 Å². The van der Waals surface area contributed by atoms with Crippen LogP contribution in [0.4, 0.5) is 0 Å². The average molecular weight is 270 g/mol. The van der Waals surface area contributed by atoms with Gasteiger partial charge in [-0.25, -0.2) is 14.6 Å². The summed E-state index contributed by atoms with van der Waals surface area (Å²) in [6, 6.07) is 3.93. The minimum atomic E-state index is -1.25. The second kappa shape index (κ2) is 3.66. The lowest BCUT2D eigenvalue weighted by Crippen LogP contribution is -2.18. The number of hydrogen-bond donors (Lipinski definition) is 2. The molecule has 1 aliphatic carbocycles. The second-order valence-corrected chi connectivity index (χ2v) is 4.93. The van der Waals surface area contributed by atoms with Crippen molar-refractivity contribution in [2.45, 2.75) is 19.3 Å². The van der Waals surface area contributed by atoms with Gasteiger partial charge in [0.1, 0.15) is 0 Å². The number of aromatic carboxylic acids is 1. The molecule has 0 fully saturated rings. The van der Waals surface area contributed by atoms with Crippen LogP contribution in [0.1, 0.15) is 28.2 Å². The molecule has 0 saturated heterocycles. The third kappa shape index (κ3) is 1.40. The first kappa shape index (κ1) is 11.2. The van der Waals surface area contributed by atoms with Crippen molar-refractivity contribution in [3.05, 3.63) is 39.6 Å². The summed E-state index contributed by atoms with van der Waals surface area (Å²) in [7, 11) is 0. The third-order valence-corrected chi connectivity index (χ3v) is 3.71. The standard InChI is InChI=1S/C13H10N4O3/c18-12(19)10-15-11-8-4-6-2-1-3-7(6)5-9(8)14-13(20)17(11)16-10/h4-5H,1-3H2,(H,14,20)(H,18,19). The zero-order valence-corrected chi connectivity index (χ0v) is 10.4. The molecule has 0 amide bonds. The molecule has 1 aromatic carbocycles. The fraction of sp³-hybridized carbons (Fsp3) is 0.231. The van der Waals surface area contributed by atoms with Crippen LogP contribution in [0, 0.1) is 0 Å². The van der Waals surface area contributed by atoms with Gasteiger partial charge >= 0.3 is 11.7 Å².